The average molecular weight is 626 g/mol. The van der Waals surface area contributed by atoms with Crippen LogP contribution in [0.1, 0.15) is 60.6 Å². The molecule has 2 aromatic carbocycles. The topological polar surface area (TPSA) is 134 Å². The highest BCUT2D eigenvalue weighted by Gasteiger charge is 2.38. The molecule has 0 saturated carbocycles. The predicted octanol–water partition coefficient (Wildman–Crippen LogP) is 4.89. The Morgan fingerprint density at radius 1 is 1.11 bits per heavy atom. The van der Waals surface area contributed by atoms with Crippen LogP contribution in [0.5, 0.6) is 11.5 Å². The maximum absolute atomic E-state index is 13.6. The molecular formula is C35H35N3O8. The lowest BCUT2D eigenvalue weighted by atomic mass is 9.83. The van der Waals surface area contributed by atoms with Crippen molar-refractivity contribution in [1.82, 2.24) is 9.47 Å². The van der Waals surface area contributed by atoms with Gasteiger partial charge < -0.3 is 23.4 Å². The lowest BCUT2D eigenvalue weighted by Crippen LogP contribution is -2.50. The molecule has 2 bridgehead atoms. The lowest BCUT2D eigenvalue weighted by molar-refractivity contribution is -0.386. The molecule has 0 aliphatic carbocycles. The van der Waals surface area contributed by atoms with Gasteiger partial charge in [-0.3, -0.25) is 19.7 Å². The molecule has 1 amide bonds. The zero-order valence-electron chi connectivity index (χ0n) is 26.0. The van der Waals surface area contributed by atoms with E-state index in [1.807, 2.05) is 57.2 Å². The number of aromatic nitrogens is 1. The Bertz CT molecular complexity index is 2010. The van der Waals surface area contributed by atoms with Crippen LogP contribution in [0, 0.1) is 23.0 Å². The van der Waals surface area contributed by atoms with Crippen molar-refractivity contribution in [3.05, 3.63) is 107 Å². The summed E-state index contributed by atoms with van der Waals surface area (Å²) in [6.07, 6.45) is 2.62. The van der Waals surface area contributed by atoms with E-state index in [9.17, 15) is 24.5 Å². The average Bonchev–Trinajstić information content (AvgIpc) is 3.01. The minimum Gasteiger partial charge on any atom is -0.487 e. The number of nitrogens with zero attached hydrogens (tertiary/aromatic N) is 3. The molecule has 5 heterocycles. The Balaban J connectivity index is 1.19. The summed E-state index contributed by atoms with van der Waals surface area (Å²) in [6.45, 7) is 6.79. The Morgan fingerprint density at radius 2 is 1.89 bits per heavy atom. The third-order valence-electron chi connectivity index (χ3n) is 9.65. The molecule has 3 aliphatic heterocycles. The van der Waals surface area contributed by atoms with E-state index in [0.717, 1.165) is 29.5 Å². The summed E-state index contributed by atoms with van der Waals surface area (Å²) in [7, 11) is 0. The summed E-state index contributed by atoms with van der Waals surface area (Å²) >= 11 is 0. The summed E-state index contributed by atoms with van der Waals surface area (Å²) in [5, 5.41) is 12.0. The van der Waals surface area contributed by atoms with E-state index in [1.54, 1.807) is 11.0 Å². The van der Waals surface area contributed by atoms with Crippen LogP contribution < -0.4 is 20.7 Å². The van der Waals surface area contributed by atoms with Gasteiger partial charge in [0.25, 0.3) is 5.91 Å². The first-order valence-corrected chi connectivity index (χ1v) is 15.6. The highest BCUT2D eigenvalue weighted by Crippen LogP contribution is 2.43. The second-order valence-corrected chi connectivity index (χ2v) is 13.3. The first kappa shape index (κ1) is 29.8. The molecule has 11 heteroatoms. The molecule has 3 aliphatic rings. The van der Waals surface area contributed by atoms with Crippen LogP contribution >= 0.6 is 0 Å². The van der Waals surface area contributed by atoms with Gasteiger partial charge in [-0.25, -0.2) is 4.79 Å². The van der Waals surface area contributed by atoms with E-state index in [4.69, 9.17) is 13.9 Å². The molecule has 1 unspecified atom stereocenters. The van der Waals surface area contributed by atoms with Gasteiger partial charge in [0.2, 0.25) is 0 Å². The van der Waals surface area contributed by atoms with Crippen molar-refractivity contribution in [2.24, 2.45) is 5.92 Å². The van der Waals surface area contributed by atoms with Gasteiger partial charge in [0, 0.05) is 60.9 Å². The Labute approximate surface area is 264 Å². The number of fused-ring (bicyclic) bond motifs is 7. The Hall–Kier alpha value is -4.93. The van der Waals surface area contributed by atoms with Crippen molar-refractivity contribution >= 4 is 22.6 Å². The Kier molecular flexibility index (Phi) is 7.21. The van der Waals surface area contributed by atoms with Crippen molar-refractivity contribution in [3.63, 3.8) is 0 Å². The highest BCUT2D eigenvalue weighted by atomic mass is 16.6. The molecule has 0 N–H and O–H groups in total. The van der Waals surface area contributed by atoms with Gasteiger partial charge in [0.15, 0.2) is 6.61 Å². The number of amides is 1. The van der Waals surface area contributed by atoms with Crippen LogP contribution in [-0.2, 0) is 24.2 Å². The van der Waals surface area contributed by atoms with Crippen LogP contribution in [-0.4, -0.2) is 45.6 Å². The quantitative estimate of drug-likeness (QED) is 0.168. The SMILES string of the molecule is Cc1c(Cc2ccccc2)c(=O)oc2c3c(cc(OCC(=O)N4CC5C[C@@H](C4)Cn4c5ccc([N+](=O)[O-])c4=O)c12)OC(C)(C)CC3. The third-order valence-corrected chi connectivity index (χ3v) is 9.65. The molecular weight excluding hydrogens is 590 g/mol. The summed E-state index contributed by atoms with van der Waals surface area (Å²) in [5.74, 6) is 0.665. The summed E-state index contributed by atoms with van der Waals surface area (Å²) in [6, 6.07) is 14.4. The van der Waals surface area contributed by atoms with Crippen LogP contribution in [0.2, 0.25) is 0 Å². The number of carbonyl (C=O) groups is 1. The number of piperidine rings is 1. The van der Waals surface area contributed by atoms with Crippen molar-refractivity contribution < 1.29 is 23.6 Å². The van der Waals surface area contributed by atoms with Gasteiger partial charge in [0.1, 0.15) is 22.7 Å². The molecule has 0 spiro atoms. The molecule has 1 saturated heterocycles. The van der Waals surface area contributed by atoms with Gasteiger partial charge in [-0.05, 0) is 63.1 Å². The fourth-order valence-corrected chi connectivity index (χ4v) is 7.31. The smallest absolute Gasteiger partial charge is 0.340 e. The van der Waals surface area contributed by atoms with Crippen LogP contribution in [0.3, 0.4) is 0 Å². The van der Waals surface area contributed by atoms with E-state index < -0.39 is 27.4 Å². The number of benzene rings is 2. The molecule has 2 atom stereocenters. The van der Waals surface area contributed by atoms with Crippen LogP contribution in [0.25, 0.3) is 11.0 Å². The molecule has 238 valence electrons. The minimum atomic E-state index is -0.652. The molecule has 1 fully saturated rings. The van der Waals surface area contributed by atoms with Gasteiger partial charge in [-0.15, -0.1) is 0 Å². The molecule has 0 radical (unpaired) electrons. The fourth-order valence-electron chi connectivity index (χ4n) is 7.31. The lowest BCUT2D eigenvalue weighted by Gasteiger charge is -2.42. The van der Waals surface area contributed by atoms with Gasteiger partial charge >= 0.3 is 16.9 Å². The van der Waals surface area contributed by atoms with Gasteiger partial charge in [-0.1, -0.05) is 30.3 Å². The number of nitro groups is 1. The molecule has 46 heavy (non-hydrogen) atoms. The molecule has 7 rings (SSSR count). The monoisotopic (exact) mass is 625 g/mol. The first-order chi connectivity index (χ1) is 22.0. The summed E-state index contributed by atoms with van der Waals surface area (Å²) in [5.41, 5.74) is 2.36. The number of pyridine rings is 1. The van der Waals surface area contributed by atoms with Crippen molar-refractivity contribution in [2.45, 2.75) is 64.5 Å². The second-order valence-electron chi connectivity index (χ2n) is 13.3. The van der Waals surface area contributed by atoms with E-state index >= 15 is 0 Å². The summed E-state index contributed by atoms with van der Waals surface area (Å²) < 4.78 is 20.1. The van der Waals surface area contributed by atoms with E-state index in [0.29, 0.717) is 66.2 Å². The highest BCUT2D eigenvalue weighted by molar-refractivity contribution is 5.92. The zero-order valence-corrected chi connectivity index (χ0v) is 26.0. The van der Waals surface area contributed by atoms with Crippen molar-refractivity contribution in [1.29, 1.82) is 0 Å². The van der Waals surface area contributed by atoms with E-state index in [1.165, 1.54) is 10.6 Å². The number of likely N-dealkylation sites (tertiary alicyclic amines) is 1. The predicted molar refractivity (Wildman–Crippen MR) is 170 cm³/mol. The normalized spacial score (nSPS) is 19.6. The van der Waals surface area contributed by atoms with Gasteiger partial charge in [0.05, 0.1) is 10.3 Å². The number of hydrogen-bond donors (Lipinski definition) is 0. The largest absolute Gasteiger partial charge is 0.487 e. The van der Waals surface area contributed by atoms with E-state index in [2.05, 4.69) is 0 Å². The number of carbonyl (C=O) groups excluding carboxylic acids is 1. The first-order valence-electron chi connectivity index (χ1n) is 15.6. The number of ether oxygens (including phenoxy) is 2. The maximum Gasteiger partial charge on any atom is 0.340 e. The number of hydrogen-bond acceptors (Lipinski definition) is 8. The van der Waals surface area contributed by atoms with E-state index in [-0.39, 0.29) is 24.3 Å². The Morgan fingerprint density at radius 3 is 2.65 bits per heavy atom. The molecule has 4 aromatic rings. The molecule has 11 nitrogen and oxygen atoms in total. The van der Waals surface area contributed by atoms with Crippen molar-refractivity contribution in [3.8, 4) is 11.5 Å². The maximum atomic E-state index is 13.6. The van der Waals surface area contributed by atoms with Gasteiger partial charge in [-0.2, -0.15) is 0 Å². The standard InChI is InChI=1S/C35H35N3O8/c1-20-25(14-21-7-5-4-6-8-21)34(41)45-32-24-11-12-35(2,3)46-28(24)15-29(31(20)32)44-19-30(39)36-16-22-13-23(18-36)26-9-10-27(38(42)43)33(40)37(26)17-22/h4-10,15,22-23H,11-14,16-19H2,1-3H3/t22-,23?/m0/s1. The fraction of sp³-hybridized carbons (Fsp3) is 0.400. The number of aryl methyl sites for hydroxylation is 2. The zero-order chi connectivity index (χ0) is 32.3. The van der Waals surface area contributed by atoms with Crippen LogP contribution in [0.15, 0.2) is 62.5 Å². The van der Waals surface area contributed by atoms with Crippen molar-refractivity contribution in [2.75, 3.05) is 19.7 Å². The number of rotatable bonds is 6. The van der Waals surface area contributed by atoms with Crippen LogP contribution in [0.4, 0.5) is 5.69 Å². The second kappa shape index (κ2) is 11.1. The minimum absolute atomic E-state index is 0.00725. The third kappa shape index (κ3) is 5.23. The summed E-state index contributed by atoms with van der Waals surface area (Å²) in [4.78, 5) is 52.2. The molecule has 2 aromatic heterocycles.